The molecule has 6 heteroatoms. The second-order valence-corrected chi connectivity index (χ2v) is 6.41. The molecule has 0 radical (unpaired) electrons. The van der Waals surface area contributed by atoms with E-state index in [-0.39, 0.29) is 6.10 Å². The highest BCUT2D eigenvalue weighted by molar-refractivity contribution is 7.14. The van der Waals surface area contributed by atoms with E-state index in [9.17, 15) is 5.11 Å². The van der Waals surface area contributed by atoms with Crippen molar-refractivity contribution in [3.8, 4) is 10.6 Å². The topological polar surface area (TPSA) is 57.2 Å². The van der Waals surface area contributed by atoms with Gasteiger partial charge in [0, 0.05) is 48.4 Å². The molecular formula is C13H17N3OS2. The molecule has 0 aliphatic carbocycles. The molecule has 4 nitrogen and oxygen atoms in total. The van der Waals surface area contributed by atoms with Gasteiger partial charge in [0.2, 0.25) is 0 Å². The summed E-state index contributed by atoms with van der Waals surface area (Å²) < 4.78 is 0. The van der Waals surface area contributed by atoms with Crippen molar-refractivity contribution in [1.29, 1.82) is 0 Å². The van der Waals surface area contributed by atoms with Crippen LogP contribution in [0, 0.1) is 5.92 Å². The highest BCUT2D eigenvalue weighted by Gasteiger charge is 2.24. The van der Waals surface area contributed by atoms with Gasteiger partial charge in [-0.15, -0.1) is 11.3 Å². The van der Waals surface area contributed by atoms with Gasteiger partial charge >= 0.3 is 0 Å². The van der Waals surface area contributed by atoms with Gasteiger partial charge in [0.15, 0.2) is 0 Å². The minimum Gasteiger partial charge on any atom is -0.391 e. The van der Waals surface area contributed by atoms with Gasteiger partial charge < -0.3 is 15.7 Å². The Balaban J connectivity index is 1.50. The average molecular weight is 295 g/mol. The number of rotatable bonds is 5. The standard InChI is InChI=1S/C13H17N3OS2/c17-12-6-15-4-10(12)3-14-5-11-8-19-13(16-11)9-1-2-18-7-9/h1-2,7-8,10,12,14-15,17H,3-6H2. The maximum absolute atomic E-state index is 9.70. The van der Waals surface area contributed by atoms with Gasteiger partial charge in [-0.1, -0.05) is 0 Å². The first-order chi connectivity index (χ1) is 9.33. The van der Waals surface area contributed by atoms with Crippen molar-refractivity contribution in [2.24, 2.45) is 5.92 Å². The summed E-state index contributed by atoms with van der Waals surface area (Å²) in [5.41, 5.74) is 2.28. The first kappa shape index (κ1) is 13.2. The number of aliphatic hydroxyl groups is 1. The van der Waals surface area contributed by atoms with Gasteiger partial charge in [0.1, 0.15) is 5.01 Å². The van der Waals surface area contributed by atoms with E-state index in [1.165, 1.54) is 5.56 Å². The molecule has 0 aromatic carbocycles. The van der Waals surface area contributed by atoms with Crippen LogP contribution in [0.15, 0.2) is 22.2 Å². The lowest BCUT2D eigenvalue weighted by Gasteiger charge is -2.13. The molecule has 2 atom stereocenters. The maximum atomic E-state index is 9.70. The molecule has 2 aromatic rings. The van der Waals surface area contributed by atoms with Crippen LogP contribution in [0.3, 0.4) is 0 Å². The minimum absolute atomic E-state index is 0.218. The summed E-state index contributed by atoms with van der Waals surface area (Å²) >= 11 is 3.38. The zero-order chi connectivity index (χ0) is 13.1. The van der Waals surface area contributed by atoms with Gasteiger partial charge in [-0.25, -0.2) is 4.98 Å². The van der Waals surface area contributed by atoms with Crippen LogP contribution in [0.1, 0.15) is 5.69 Å². The normalized spacial score (nSPS) is 23.0. The summed E-state index contributed by atoms with van der Waals surface area (Å²) in [4.78, 5) is 4.62. The molecule has 3 rings (SSSR count). The Morgan fingerprint density at radius 3 is 3.11 bits per heavy atom. The van der Waals surface area contributed by atoms with Gasteiger partial charge in [-0.3, -0.25) is 0 Å². The number of thiophene rings is 1. The number of β-amino-alcohol motifs (C(OH)–C–C–N with tert-alkyl or cyclic N) is 1. The molecule has 1 saturated heterocycles. The molecular weight excluding hydrogens is 278 g/mol. The molecule has 1 aliphatic rings. The predicted octanol–water partition coefficient (Wildman–Crippen LogP) is 1.54. The number of thiazole rings is 1. The first-order valence-corrected chi connectivity index (χ1v) is 8.21. The van der Waals surface area contributed by atoms with Crippen LogP contribution in [0.4, 0.5) is 0 Å². The van der Waals surface area contributed by atoms with Crippen molar-refractivity contribution in [2.45, 2.75) is 12.6 Å². The number of aromatic nitrogens is 1. The molecule has 3 N–H and O–H groups in total. The minimum atomic E-state index is -0.218. The summed E-state index contributed by atoms with van der Waals surface area (Å²) in [6.07, 6.45) is -0.218. The van der Waals surface area contributed by atoms with E-state index < -0.39 is 0 Å². The predicted molar refractivity (Wildman–Crippen MR) is 79.5 cm³/mol. The van der Waals surface area contributed by atoms with Crippen molar-refractivity contribution in [1.82, 2.24) is 15.6 Å². The fourth-order valence-electron chi connectivity index (χ4n) is 2.22. The van der Waals surface area contributed by atoms with Crippen LogP contribution in [0.5, 0.6) is 0 Å². The van der Waals surface area contributed by atoms with Gasteiger partial charge in [-0.05, 0) is 11.4 Å². The lowest BCUT2D eigenvalue weighted by molar-refractivity contribution is 0.146. The summed E-state index contributed by atoms with van der Waals surface area (Å²) in [5.74, 6) is 0.315. The van der Waals surface area contributed by atoms with E-state index in [2.05, 4.69) is 37.8 Å². The van der Waals surface area contributed by atoms with E-state index in [0.29, 0.717) is 12.5 Å². The van der Waals surface area contributed by atoms with Crippen LogP contribution >= 0.6 is 22.7 Å². The summed E-state index contributed by atoms with van der Waals surface area (Å²) in [5, 5.41) is 23.6. The average Bonchev–Trinajstić information content (AvgIpc) is 3.11. The third kappa shape index (κ3) is 3.21. The highest BCUT2D eigenvalue weighted by Crippen LogP contribution is 2.25. The largest absolute Gasteiger partial charge is 0.391 e. The molecule has 0 spiro atoms. The molecule has 0 amide bonds. The van der Waals surface area contributed by atoms with Crippen molar-refractivity contribution in [2.75, 3.05) is 19.6 Å². The molecule has 2 unspecified atom stereocenters. The van der Waals surface area contributed by atoms with Crippen LogP contribution < -0.4 is 10.6 Å². The van der Waals surface area contributed by atoms with Gasteiger partial charge in [0.25, 0.3) is 0 Å². The molecule has 1 aliphatic heterocycles. The summed E-state index contributed by atoms with van der Waals surface area (Å²) in [6.45, 7) is 3.21. The zero-order valence-corrected chi connectivity index (χ0v) is 12.1. The highest BCUT2D eigenvalue weighted by atomic mass is 32.1. The van der Waals surface area contributed by atoms with Crippen LogP contribution in [0.25, 0.3) is 10.6 Å². The maximum Gasteiger partial charge on any atom is 0.124 e. The second-order valence-electron chi connectivity index (χ2n) is 4.77. The van der Waals surface area contributed by atoms with Crippen molar-refractivity contribution in [3.05, 3.63) is 27.9 Å². The quantitative estimate of drug-likeness (QED) is 0.783. The van der Waals surface area contributed by atoms with Crippen LogP contribution in [-0.4, -0.2) is 35.8 Å². The molecule has 1 fully saturated rings. The lowest BCUT2D eigenvalue weighted by atomic mass is 10.1. The van der Waals surface area contributed by atoms with Crippen LogP contribution in [-0.2, 0) is 6.54 Å². The summed E-state index contributed by atoms with van der Waals surface area (Å²) in [6, 6.07) is 2.10. The Morgan fingerprint density at radius 1 is 1.42 bits per heavy atom. The third-order valence-electron chi connectivity index (χ3n) is 3.34. The number of hydrogen-bond acceptors (Lipinski definition) is 6. The first-order valence-electron chi connectivity index (χ1n) is 6.39. The monoisotopic (exact) mass is 295 g/mol. The van der Waals surface area contributed by atoms with Crippen molar-refractivity contribution >= 4 is 22.7 Å². The Morgan fingerprint density at radius 2 is 2.37 bits per heavy atom. The van der Waals surface area contributed by atoms with E-state index in [1.807, 2.05) is 0 Å². The molecule has 0 saturated carbocycles. The molecule has 3 heterocycles. The molecule has 102 valence electrons. The Hall–Kier alpha value is -0.790. The summed E-state index contributed by atoms with van der Waals surface area (Å²) in [7, 11) is 0. The fourth-order valence-corrected chi connectivity index (χ4v) is 3.75. The van der Waals surface area contributed by atoms with Gasteiger partial charge in [-0.2, -0.15) is 11.3 Å². The SMILES string of the molecule is OC1CNCC1CNCc1csc(-c2ccsc2)n1. The second kappa shape index (κ2) is 6.11. The number of aliphatic hydroxyl groups excluding tert-OH is 1. The Labute approximate surface area is 120 Å². The zero-order valence-electron chi connectivity index (χ0n) is 10.5. The van der Waals surface area contributed by atoms with E-state index in [4.69, 9.17) is 0 Å². The fraction of sp³-hybridized carbons (Fsp3) is 0.462. The molecule has 2 aromatic heterocycles. The van der Waals surface area contributed by atoms with Gasteiger partial charge in [0.05, 0.1) is 11.8 Å². The van der Waals surface area contributed by atoms with E-state index in [1.54, 1.807) is 22.7 Å². The Bertz CT molecular complexity index is 512. The molecule has 0 bridgehead atoms. The third-order valence-corrected chi connectivity index (χ3v) is 4.96. The lowest BCUT2D eigenvalue weighted by Crippen LogP contribution is -2.30. The number of nitrogens with zero attached hydrogens (tertiary/aromatic N) is 1. The Kier molecular flexibility index (Phi) is 4.24. The van der Waals surface area contributed by atoms with E-state index >= 15 is 0 Å². The number of nitrogens with one attached hydrogen (secondary N) is 2. The van der Waals surface area contributed by atoms with Crippen LogP contribution in [0.2, 0.25) is 0 Å². The smallest absolute Gasteiger partial charge is 0.124 e. The molecule has 19 heavy (non-hydrogen) atoms. The van der Waals surface area contributed by atoms with Crippen molar-refractivity contribution < 1.29 is 5.11 Å². The number of hydrogen-bond donors (Lipinski definition) is 3. The van der Waals surface area contributed by atoms with Crippen molar-refractivity contribution in [3.63, 3.8) is 0 Å². The van der Waals surface area contributed by atoms with E-state index in [0.717, 1.165) is 30.3 Å².